The number of ether oxygens (including phenoxy) is 1. The second-order valence-corrected chi connectivity index (χ2v) is 10.3. The third-order valence-corrected chi connectivity index (χ3v) is 7.18. The van der Waals surface area contributed by atoms with Gasteiger partial charge in [0.15, 0.2) is 0 Å². The molecule has 3 heterocycles. The number of anilines is 3. The minimum atomic E-state index is -0.672. The van der Waals surface area contributed by atoms with E-state index >= 15 is 0 Å². The summed E-state index contributed by atoms with van der Waals surface area (Å²) >= 11 is 0. The Morgan fingerprint density at radius 3 is 2.74 bits per heavy atom. The number of morpholine rings is 1. The van der Waals surface area contributed by atoms with Gasteiger partial charge in [0.05, 0.1) is 48.8 Å². The Morgan fingerprint density at radius 2 is 1.95 bits per heavy atom. The van der Waals surface area contributed by atoms with Crippen molar-refractivity contribution in [2.75, 3.05) is 48.1 Å². The zero-order valence-corrected chi connectivity index (χ0v) is 22.0. The van der Waals surface area contributed by atoms with Crippen LogP contribution in [0, 0.1) is 18.3 Å². The number of aromatic nitrogens is 1. The van der Waals surface area contributed by atoms with Gasteiger partial charge in [-0.05, 0) is 67.8 Å². The molecule has 0 bridgehead atoms. The molecule has 1 saturated heterocycles. The van der Waals surface area contributed by atoms with E-state index in [1.165, 1.54) is 0 Å². The number of nitrogens with zero attached hydrogens (tertiary/aromatic N) is 5. The minimum absolute atomic E-state index is 0.118. The molecule has 0 aliphatic carbocycles. The minimum Gasteiger partial charge on any atom is -0.378 e. The Morgan fingerprint density at radius 1 is 1.13 bits per heavy atom. The van der Waals surface area contributed by atoms with Crippen LogP contribution in [0.2, 0.25) is 0 Å². The molecule has 5 rings (SSSR count). The molecular formula is C30H32N6O2. The van der Waals surface area contributed by atoms with Gasteiger partial charge in [-0.15, -0.1) is 0 Å². The first-order chi connectivity index (χ1) is 18.3. The fourth-order valence-electron chi connectivity index (χ4n) is 4.72. The second kappa shape index (κ2) is 10.6. The number of carbonyl (C=O) groups excluding carboxylic acids is 1. The maximum Gasteiger partial charge on any atom is 0.255 e. The van der Waals surface area contributed by atoms with Crippen LogP contribution in [-0.4, -0.2) is 50.0 Å². The summed E-state index contributed by atoms with van der Waals surface area (Å²) in [7, 11) is 0. The quantitative estimate of drug-likeness (QED) is 0.511. The van der Waals surface area contributed by atoms with E-state index in [9.17, 15) is 10.1 Å². The Labute approximate surface area is 223 Å². The monoisotopic (exact) mass is 508 g/mol. The number of benzene rings is 2. The standard InChI is InChI=1S/C30H32N6O2/c1-21-7-8-26(34-29(37)22-5-4-6-25(13-22)30(2,3)20-31)15-28(21)36-19-24(17-33-36)23-14-27(18-32-16-23)35-9-11-38-12-10-35/h4-8,13-18,24H,9-12,19H2,1-3H3,(H,34,37). The molecule has 38 heavy (non-hydrogen) atoms. The van der Waals surface area contributed by atoms with Gasteiger partial charge in [0.1, 0.15) is 0 Å². The van der Waals surface area contributed by atoms with Crippen LogP contribution in [0.15, 0.2) is 66.0 Å². The molecule has 2 aromatic carbocycles. The van der Waals surface area contributed by atoms with Crippen LogP contribution in [0.3, 0.4) is 0 Å². The van der Waals surface area contributed by atoms with Crippen molar-refractivity contribution in [3.05, 3.63) is 83.2 Å². The molecule has 1 amide bonds. The highest BCUT2D eigenvalue weighted by molar-refractivity contribution is 6.04. The molecule has 8 nitrogen and oxygen atoms in total. The number of nitriles is 1. The average molecular weight is 509 g/mol. The van der Waals surface area contributed by atoms with Gasteiger partial charge in [-0.3, -0.25) is 14.8 Å². The van der Waals surface area contributed by atoms with Crippen molar-refractivity contribution in [2.45, 2.75) is 32.1 Å². The van der Waals surface area contributed by atoms with Gasteiger partial charge in [-0.1, -0.05) is 18.2 Å². The number of nitrogens with one attached hydrogen (secondary N) is 1. The highest BCUT2D eigenvalue weighted by atomic mass is 16.5. The van der Waals surface area contributed by atoms with E-state index in [0.717, 1.165) is 54.4 Å². The number of hydrazone groups is 1. The Bertz CT molecular complexity index is 1400. The van der Waals surface area contributed by atoms with Crippen LogP contribution < -0.4 is 15.2 Å². The predicted molar refractivity (Wildman–Crippen MR) is 150 cm³/mol. The van der Waals surface area contributed by atoms with Gasteiger partial charge < -0.3 is 15.0 Å². The lowest BCUT2D eigenvalue weighted by Gasteiger charge is -2.29. The fraction of sp³-hybridized carbons (Fsp3) is 0.333. The van der Waals surface area contributed by atoms with Crippen LogP contribution in [-0.2, 0) is 10.2 Å². The summed E-state index contributed by atoms with van der Waals surface area (Å²) in [6, 6.07) is 17.6. The number of rotatable bonds is 6. The van der Waals surface area contributed by atoms with E-state index in [-0.39, 0.29) is 11.8 Å². The summed E-state index contributed by atoms with van der Waals surface area (Å²) in [4.78, 5) is 19.8. The molecule has 2 aliphatic heterocycles. The first-order valence-corrected chi connectivity index (χ1v) is 12.9. The Balaban J connectivity index is 1.30. The van der Waals surface area contributed by atoms with Crippen molar-refractivity contribution in [2.24, 2.45) is 5.10 Å². The van der Waals surface area contributed by atoms with Crippen LogP contribution in [0.25, 0.3) is 0 Å². The fourth-order valence-corrected chi connectivity index (χ4v) is 4.72. The van der Waals surface area contributed by atoms with Crippen LogP contribution in [0.1, 0.15) is 46.8 Å². The van der Waals surface area contributed by atoms with Crippen molar-refractivity contribution in [1.29, 1.82) is 5.26 Å². The van der Waals surface area contributed by atoms with Gasteiger partial charge in [0, 0.05) is 42.7 Å². The summed E-state index contributed by atoms with van der Waals surface area (Å²) < 4.78 is 5.48. The van der Waals surface area contributed by atoms with E-state index in [0.29, 0.717) is 17.8 Å². The summed E-state index contributed by atoms with van der Waals surface area (Å²) in [5, 5.41) is 19.1. The summed E-state index contributed by atoms with van der Waals surface area (Å²) in [6.45, 7) is 9.62. The van der Waals surface area contributed by atoms with Crippen LogP contribution >= 0.6 is 0 Å². The normalized spacial score (nSPS) is 17.4. The molecule has 1 fully saturated rings. The lowest BCUT2D eigenvalue weighted by atomic mass is 9.85. The predicted octanol–water partition coefficient (Wildman–Crippen LogP) is 4.87. The van der Waals surface area contributed by atoms with Gasteiger partial charge in [-0.25, -0.2) is 0 Å². The largest absolute Gasteiger partial charge is 0.378 e. The zero-order chi connectivity index (χ0) is 26.7. The third-order valence-electron chi connectivity index (χ3n) is 7.18. The molecule has 194 valence electrons. The topological polar surface area (TPSA) is 93.9 Å². The average Bonchev–Trinajstić information content (AvgIpc) is 3.45. The summed E-state index contributed by atoms with van der Waals surface area (Å²) in [5.74, 6) is -0.100. The molecule has 0 saturated carbocycles. The lowest BCUT2D eigenvalue weighted by Crippen LogP contribution is -2.36. The van der Waals surface area contributed by atoms with Crippen LogP contribution in [0.4, 0.5) is 17.1 Å². The van der Waals surface area contributed by atoms with E-state index in [1.807, 2.05) is 74.7 Å². The van der Waals surface area contributed by atoms with Crippen molar-refractivity contribution in [3.63, 3.8) is 0 Å². The maximum atomic E-state index is 13.0. The number of pyridine rings is 1. The molecule has 0 spiro atoms. The highest BCUT2D eigenvalue weighted by Crippen LogP contribution is 2.31. The molecule has 1 atom stereocenters. The number of aryl methyl sites for hydroxylation is 1. The van der Waals surface area contributed by atoms with Gasteiger partial charge in [0.2, 0.25) is 0 Å². The van der Waals surface area contributed by atoms with Gasteiger partial charge in [0.25, 0.3) is 5.91 Å². The number of carbonyl (C=O) groups is 1. The molecule has 2 aliphatic rings. The van der Waals surface area contributed by atoms with Crippen molar-refractivity contribution >= 4 is 29.2 Å². The highest BCUT2D eigenvalue weighted by Gasteiger charge is 2.24. The number of amides is 1. The first-order valence-electron chi connectivity index (χ1n) is 12.9. The van der Waals surface area contributed by atoms with Crippen molar-refractivity contribution < 1.29 is 9.53 Å². The first kappa shape index (κ1) is 25.4. The maximum absolute atomic E-state index is 13.0. The Kier molecular flexibility index (Phi) is 7.12. The van der Waals surface area contributed by atoms with Gasteiger partial charge in [-0.2, -0.15) is 10.4 Å². The SMILES string of the molecule is Cc1ccc(NC(=O)c2cccc(C(C)(C)C#N)c2)cc1N1CC(c2cncc(N3CCOCC3)c2)C=N1. The summed E-state index contributed by atoms with van der Waals surface area (Å²) in [6.07, 6.45) is 5.79. The van der Waals surface area contributed by atoms with E-state index in [2.05, 4.69) is 27.3 Å². The number of hydrogen-bond acceptors (Lipinski definition) is 7. The smallest absolute Gasteiger partial charge is 0.255 e. The van der Waals surface area contributed by atoms with Crippen LogP contribution in [0.5, 0.6) is 0 Å². The van der Waals surface area contributed by atoms with E-state index in [1.54, 1.807) is 12.1 Å². The Hall–Kier alpha value is -4.22. The number of hydrogen-bond donors (Lipinski definition) is 1. The molecular weight excluding hydrogens is 476 g/mol. The van der Waals surface area contributed by atoms with E-state index < -0.39 is 5.41 Å². The lowest BCUT2D eigenvalue weighted by molar-refractivity contribution is 0.102. The molecule has 1 unspecified atom stereocenters. The van der Waals surface area contributed by atoms with Gasteiger partial charge >= 0.3 is 0 Å². The second-order valence-electron chi connectivity index (χ2n) is 10.3. The van der Waals surface area contributed by atoms with Crippen molar-refractivity contribution in [1.82, 2.24) is 4.98 Å². The van der Waals surface area contributed by atoms with Crippen molar-refractivity contribution in [3.8, 4) is 6.07 Å². The molecule has 3 aromatic rings. The van der Waals surface area contributed by atoms with E-state index in [4.69, 9.17) is 9.84 Å². The summed E-state index contributed by atoms with van der Waals surface area (Å²) in [5.41, 5.74) is 5.59. The third kappa shape index (κ3) is 5.38. The molecule has 0 radical (unpaired) electrons. The molecule has 8 heteroatoms. The molecule has 1 N–H and O–H groups in total. The zero-order valence-electron chi connectivity index (χ0n) is 22.0. The molecule has 1 aromatic heterocycles.